The summed E-state index contributed by atoms with van der Waals surface area (Å²) in [5.74, 6) is 0. The van der Waals surface area contributed by atoms with Crippen LogP contribution in [-0.2, 0) is 44.1 Å². The van der Waals surface area contributed by atoms with Crippen molar-refractivity contribution in [1.82, 2.24) is 0 Å². The topological polar surface area (TPSA) is 0 Å². The standard InChI is InChI=1S/Ag.Ce.Se.Ti. The Balaban J connectivity index is 0. The second kappa shape index (κ2) is 16.2. The largest absolute Gasteiger partial charge is 0 e. The third kappa shape index (κ3) is 9.02. The van der Waals surface area contributed by atoms with Gasteiger partial charge in [0.25, 0.3) is 0 Å². The fraction of sp³-hybridized carbons (Fsp3) is 0. The summed E-state index contributed by atoms with van der Waals surface area (Å²) in [4.78, 5) is 0. The molecule has 4 heteroatoms. The van der Waals surface area contributed by atoms with Gasteiger partial charge < -0.3 is 0 Å². The Morgan fingerprint density at radius 1 is 1.00 bits per heavy atom. The summed E-state index contributed by atoms with van der Waals surface area (Å²) in [6.07, 6.45) is 0. The van der Waals surface area contributed by atoms with Crippen molar-refractivity contribution in [2.24, 2.45) is 0 Å². The molecule has 0 rings (SSSR count). The third-order valence-corrected chi connectivity index (χ3v) is 0. The van der Waals surface area contributed by atoms with Crippen molar-refractivity contribution in [1.29, 1.82) is 0 Å². The van der Waals surface area contributed by atoms with Crippen molar-refractivity contribution in [2.75, 3.05) is 0 Å². The molecule has 0 aliphatic heterocycles. The van der Waals surface area contributed by atoms with Crippen LogP contribution in [0.25, 0.3) is 0 Å². The maximum atomic E-state index is 0. The first-order valence-electron chi connectivity index (χ1n) is 0. The van der Waals surface area contributed by atoms with E-state index in [0.717, 1.165) is 0 Å². The second-order valence-corrected chi connectivity index (χ2v) is 0. The third-order valence-electron chi connectivity index (χ3n) is 0. The van der Waals surface area contributed by atoms with Crippen LogP contribution in [0.4, 0.5) is 0 Å². The van der Waals surface area contributed by atoms with E-state index < -0.39 is 0 Å². The summed E-state index contributed by atoms with van der Waals surface area (Å²) in [6, 6.07) is 0. The van der Waals surface area contributed by atoms with Crippen LogP contribution in [0.3, 0.4) is 0 Å². The molecule has 0 aromatic heterocycles. The van der Waals surface area contributed by atoms with Gasteiger partial charge in [-0.05, 0) is 0 Å². The van der Waals surface area contributed by atoms with E-state index in [-0.39, 0.29) is 103 Å². The van der Waals surface area contributed by atoms with E-state index in [9.17, 15) is 0 Å². The van der Waals surface area contributed by atoms with E-state index in [0.29, 0.717) is 0 Å². The Kier molecular flexibility index (Phi) is 107. The summed E-state index contributed by atoms with van der Waals surface area (Å²) in [5, 5.41) is 0. The van der Waals surface area contributed by atoms with Crippen molar-refractivity contribution in [3.63, 3.8) is 0 Å². The van der Waals surface area contributed by atoms with Crippen LogP contribution < -0.4 is 0 Å². The van der Waals surface area contributed by atoms with Crippen LogP contribution in [0.5, 0.6) is 0 Å². The Hall–Kier alpha value is 3.35. The molecule has 0 saturated carbocycles. The molecule has 0 aromatic rings. The summed E-state index contributed by atoms with van der Waals surface area (Å²) >= 11 is 0. The van der Waals surface area contributed by atoms with Gasteiger partial charge in [0.05, 0.1) is 0 Å². The molecule has 0 N–H and O–H groups in total. The molecular formula is AgCeSeTi. The summed E-state index contributed by atoms with van der Waals surface area (Å²) in [5.41, 5.74) is 0. The monoisotopic (exact) mass is 375 g/mol. The minimum atomic E-state index is 0. The Bertz CT molecular complexity index is 8.00. The van der Waals surface area contributed by atoms with Crippen LogP contribution >= 0.6 is 0 Å². The molecular weight excluding hydrogens is 375 g/mol. The zero-order valence-electron chi connectivity index (χ0n) is 1.71. The molecule has 0 bridgehead atoms. The molecule has 0 heterocycles. The number of hydrogen-bond donors (Lipinski definition) is 0. The van der Waals surface area contributed by atoms with E-state index in [1.165, 1.54) is 0 Å². The second-order valence-electron chi connectivity index (χ2n) is 0. The van der Waals surface area contributed by atoms with Crippen LogP contribution in [0.1, 0.15) is 0 Å². The minimum absolute atomic E-state index is 0. The smallest absolute Gasteiger partial charge is 0 e. The van der Waals surface area contributed by atoms with Gasteiger partial charge in [0.1, 0.15) is 0 Å². The van der Waals surface area contributed by atoms with Crippen molar-refractivity contribution in [3.05, 3.63) is 0 Å². The molecule has 0 fully saturated rings. The zero-order chi connectivity index (χ0) is 0. The molecule has 0 saturated heterocycles. The molecule has 4 heavy (non-hydrogen) atoms. The molecule has 0 atom stereocenters. The molecule has 0 aromatic carbocycles. The van der Waals surface area contributed by atoms with Crippen molar-refractivity contribution in [3.8, 4) is 0 Å². The Morgan fingerprint density at radius 3 is 1.00 bits per heavy atom. The summed E-state index contributed by atoms with van der Waals surface area (Å²) in [7, 11) is 0. The normalized spacial score (nSPS) is 0. The van der Waals surface area contributed by atoms with Gasteiger partial charge in [-0.25, -0.2) is 0 Å². The van der Waals surface area contributed by atoms with Crippen LogP contribution in [0.2, 0.25) is 0 Å². The Labute approximate surface area is 100 Å². The van der Waals surface area contributed by atoms with Crippen LogP contribution in [0, 0.1) is 41.7 Å². The Morgan fingerprint density at radius 2 is 1.00 bits per heavy atom. The summed E-state index contributed by atoms with van der Waals surface area (Å²) in [6.45, 7) is 0. The van der Waals surface area contributed by atoms with Crippen LogP contribution in [0.15, 0.2) is 0 Å². The SMILES string of the molecule is [Ag].[Ce].[Se].[Ti]. The minimum Gasteiger partial charge on any atom is 0 e. The van der Waals surface area contributed by atoms with Gasteiger partial charge in [0, 0.05) is 103 Å². The predicted molar refractivity (Wildman–Crippen MR) is 5.75 cm³/mol. The zero-order valence-corrected chi connectivity index (χ0v) is 9.61. The van der Waals surface area contributed by atoms with E-state index in [1.807, 2.05) is 0 Å². The average molecular weight is 375 g/mol. The van der Waals surface area contributed by atoms with Crippen molar-refractivity contribution >= 4 is 17.1 Å². The first-order valence-corrected chi connectivity index (χ1v) is 0. The van der Waals surface area contributed by atoms with E-state index >= 15 is 0 Å². The average Bonchev–Trinajstić information content (AvgIpc) is 0. The van der Waals surface area contributed by atoms with Crippen molar-refractivity contribution < 1.29 is 85.8 Å². The molecule has 0 amide bonds. The number of rotatable bonds is 0. The fourth-order valence-corrected chi connectivity index (χ4v) is 0. The van der Waals surface area contributed by atoms with Gasteiger partial charge in [0.15, 0.2) is 0 Å². The maximum absolute atomic E-state index is 0. The van der Waals surface area contributed by atoms with Gasteiger partial charge in [-0.3, -0.25) is 0 Å². The maximum Gasteiger partial charge on any atom is 0 e. The van der Waals surface area contributed by atoms with Gasteiger partial charge >= 0.3 is 0 Å². The molecule has 0 spiro atoms. The van der Waals surface area contributed by atoms with Gasteiger partial charge in [-0.15, -0.1) is 0 Å². The first kappa shape index (κ1) is 26.4. The predicted octanol–water partition coefficient (Wildman–Crippen LogP) is -0.386. The van der Waals surface area contributed by atoms with Gasteiger partial charge in [0.2, 0.25) is 0 Å². The van der Waals surface area contributed by atoms with E-state index in [4.69, 9.17) is 0 Å². The molecule has 0 nitrogen and oxygen atoms in total. The quantitative estimate of drug-likeness (QED) is 0.507. The van der Waals surface area contributed by atoms with E-state index in [1.54, 1.807) is 0 Å². The van der Waals surface area contributed by atoms with Crippen LogP contribution in [-0.4, -0.2) is 17.1 Å². The number of hydrogen-bond acceptors (Lipinski definition) is 0. The molecule has 0 unspecified atom stereocenters. The molecule has 25 valence electrons. The fourth-order valence-electron chi connectivity index (χ4n) is 0. The summed E-state index contributed by atoms with van der Waals surface area (Å²) < 4.78 is 0. The van der Waals surface area contributed by atoms with Gasteiger partial charge in [-0.1, -0.05) is 0 Å². The van der Waals surface area contributed by atoms with Crippen molar-refractivity contribution in [2.45, 2.75) is 0 Å². The van der Waals surface area contributed by atoms with E-state index in [2.05, 4.69) is 0 Å². The molecule has 0 aliphatic carbocycles. The first-order chi connectivity index (χ1) is 0. The molecule has 3 radical (unpaired) electrons. The van der Waals surface area contributed by atoms with Gasteiger partial charge in [-0.2, -0.15) is 0 Å². The molecule has 0 aliphatic rings.